The van der Waals surface area contributed by atoms with Gasteiger partial charge in [0.25, 0.3) is 5.91 Å². The van der Waals surface area contributed by atoms with Gasteiger partial charge >= 0.3 is 6.03 Å². The van der Waals surface area contributed by atoms with Gasteiger partial charge in [-0.05, 0) is 37.5 Å². The lowest BCUT2D eigenvalue weighted by Crippen LogP contribution is -2.55. The van der Waals surface area contributed by atoms with Crippen molar-refractivity contribution in [1.82, 2.24) is 19.6 Å². The molecule has 1 spiro atoms. The van der Waals surface area contributed by atoms with Crippen LogP contribution in [0, 0.1) is 6.92 Å². The molecule has 0 unspecified atom stereocenters. The molecule has 0 aliphatic carbocycles. The van der Waals surface area contributed by atoms with Gasteiger partial charge in [0.2, 0.25) is 0 Å². The number of likely N-dealkylation sites (N-methyl/N-ethyl adjacent to an activating group) is 1. The summed E-state index contributed by atoms with van der Waals surface area (Å²) in [6.07, 6.45) is 4.89. The number of imidazole rings is 1. The summed E-state index contributed by atoms with van der Waals surface area (Å²) in [7, 11) is 1.54. The molecule has 4 rings (SSSR count). The summed E-state index contributed by atoms with van der Waals surface area (Å²) in [5.41, 5.74) is 1.52. The van der Waals surface area contributed by atoms with Gasteiger partial charge in [-0.2, -0.15) is 0 Å². The van der Waals surface area contributed by atoms with Crippen LogP contribution in [0.15, 0.2) is 24.7 Å². The van der Waals surface area contributed by atoms with Gasteiger partial charge in [0.05, 0.1) is 11.7 Å². The number of hydrogen-bond acceptors (Lipinski definition) is 4. The number of hydrogen-bond donors (Lipinski definition) is 1. The monoisotopic (exact) mass is 313 g/mol. The van der Waals surface area contributed by atoms with E-state index in [2.05, 4.69) is 38.7 Å². The fourth-order valence-corrected chi connectivity index (χ4v) is 3.61. The molecule has 0 aromatic carbocycles. The minimum Gasteiger partial charge on any atom is -0.357 e. The molecule has 2 aliphatic heterocycles. The molecule has 7 nitrogen and oxygen atoms in total. The number of urea groups is 1. The first-order chi connectivity index (χ1) is 11.0. The summed E-state index contributed by atoms with van der Waals surface area (Å²) in [6, 6.07) is 3.93. The van der Waals surface area contributed by atoms with E-state index < -0.39 is 5.54 Å². The van der Waals surface area contributed by atoms with Crippen LogP contribution in [0.2, 0.25) is 0 Å². The molecular weight excluding hydrogens is 294 g/mol. The first kappa shape index (κ1) is 14.0. The summed E-state index contributed by atoms with van der Waals surface area (Å²) in [4.78, 5) is 31.8. The summed E-state index contributed by atoms with van der Waals surface area (Å²) >= 11 is 0. The third-order valence-electron chi connectivity index (χ3n) is 4.95. The molecule has 0 saturated carbocycles. The minimum atomic E-state index is -0.722. The molecule has 2 aromatic rings. The van der Waals surface area contributed by atoms with Crippen molar-refractivity contribution in [2.45, 2.75) is 25.3 Å². The van der Waals surface area contributed by atoms with E-state index in [9.17, 15) is 9.59 Å². The van der Waals surface area contributed by atoms with Crippen LogP contribution in [0.1, 0.15) is 18.4 Å². The maximum absolute atomic E-state index is 12.4. The summed E-state index contributed by atoms with van der Waals surface area (Å²) < 4.78 is 2.06. The van der Waals surface area contributed by atoms with E-state index in [1.165, 1.54) is 17.5 Å². The minimum absolute atomic E-state index is 0.112. The Bertz CT molecular complexity index is 804. The van der Waals surface area contributed by atoms with Gasteiger partial charge in [-0.1, -0.05) is 0 Å². The van der Waals surface area contributed by atoms with Crippen LogP contribution in [0.4, 0.5) is 10.6 Å². The largest absolute Gasteiger partial charge is 0.357 e. The van der Waals surface area contributed by atoms with Gasteiger partial charge in [-0.25, -0.2) is 9.78 Å². The summed E-state index contributed by atoms with van der Waals surface area (Å²) in [5, 5.41) is 2.88. The van der Waals surface area contributed by atoms with Crippen molar-refractivity contribution in [2.75, 3.05) is 25.0 Å². The van der Waals surface area contributed by atoms with Crippen molar-refractivity contribution in [3.05, 3.63) is 30.2 Å². The maximum Gasteiger partial charge on any atom is 0.324 e. The van der Waals surface area contributed by atoms with Gasteiger partial charge < -0.3 is 10.2 Å². The summed E-state index contributed by atoms with van der Waals surface area (Å²) in [5.74, 6) is 0.969. The highest BCUT2D eigenvalue weighted by Crippen LogP contribution is 2.31. The van der Waals surface area contributed by atoms with Crippen LogP contribution in [0.5, 0.6) is 0 Å². The Morgan fingerprint density at radius 2 is 1.96 bits per heavy atom. The Kier molecular flexibility index (Phi) is 2.88. The van der Waals surface area contributed by atoms with Crippen LogP contribution in [0.25, 0.3) is 5.52 Å². The number of nitrogens with zero attached hydrogens (tertiary/aromatic N) is 4. The molecule has 0 radical (unpaired) electrons. The third-order valence-corrected chi connectivity index (χ3v) is 4.95. The van der Waals surface area contributed by atoms with Crippen LogP contribution in [0.3, 0.4) is 0 Å². The van der Waals surface area contributed by atoms with Crippen molar-refractivity contribution in [2.24, 2.45) is 0 Å². The molecule has 23 heavy (non-hydrogen) atoms. The predicted molar refractivity (Wildman–Crippen MR) is 85.4 cm³/mol. The predicted octanol–water partition coefficient (Wildman–Crippen LogP) is 1.16. The third kappa shape index (κ3) is 1.99. The lowest BCUT2D eigenvalue weighted by molar-refractivity contribution is -0.131. The van der Waals surface area contributed by atoms with Crippen LogP contribution < -0.4 is 10.2 Å². The highest BCUT2D eigenvalue weighted by molar-refractivity contribution is 6.06. The zero-order chi connectivity index (χ0) is 16.2. The van der Waals surface area contributed by atoms with Crippen LogP contribution >= 0.6 is 0 Å². The first-order valence-corrected chi connectivity index (χ1v) is 7.78. The molecule has 2 aliphatic rings. The molecule has 2 fully saturated rings. The SMILES string of the molecule is Cc1cc(N2CCC3(CC2)NC(=O)N(C)C3=O)n2cncc2c1. The van der Waals surface area contributed by atoms with Gasteiger partial charge in [0.15, 0.2) is 0 Å². The number of nitrogens with one attached hydrogen (secondary N) is 1. The smallest absolute Gasteiger partial charge is 0.324 e. The average molecular weight is 313 g/mol. The van der Waals surface area contributed by atoms with E-state index in [0.717, 1.165) is 24.4 Å². The first-order valence-electron chi connectivity index (χ1n) is 7.78. The molecule has 4 heterocycles. The lowest BCUT2D eigenvalue weighted by Gasteiger charge is -2.38. The molecule has 120 valence electrons. The number of imide groups is 1. The molecule has 7 heteroatoms. The topological polar surface area (TPSA) is 70.0 Å². The molecular formula is C16H19N5O2. The number of pyridine rings is 1. The molecule has 3 amide bonds. The number of rotatable bonds is 1. The number of piperidine rings is 1. The molecule has 0 atom stereocenters. The normalized spacial score (nSPS) is 20.6. The van der Waals surface area contributed by atoms with E-state index >= 15 is 0 Å². The number of carbonyl (C=O) groups is 2. The van der Waals surface area contributed by atoms with E-state index in [-0.39, 0.29) is 11.9 Å². The highest BCUT2D eigenvalue weighted by Gasteiger charge is 2.51. The lowest BCUT2D eigenvalue weighted by atomic mass is 9.87. The molecule has 0 bridgehead atoms. The Hall–Kier alpha value is -2.57. The second-order valence-corrected chi connectivity index (χ2v) is 6.44. The van der Waals surface area contributed by atoms with Gasteiger partial charge in [-0.3, -0.25) is 14.1 Å². The van der Waals surface area contributed by atoms with E-state index in [1.807, 2.05) is 12.5 Å². The number of aryl methyl sites for hydroxylation is 1. The average Bonchev–Trinajstić information content (AvgIpc) is 3.08. The highest BCUT2D eigenvalue weighted by atomic mass is 16.2. The summed E-state index contributed by atoms with van der Waals surface area (Å²) in [6.45, 7) is 3.50. The zero-order valence-electron chi connectivity index (χ0n) is 13.2. The fraction of sp³-hybridized carbons (Fsp3) is 0.438. The number of fused-ring (bicyclic) bond motifs is 1. The maximum atomic E-state index is 12.4. The molecule has 1 N–H and O–H groups in total. The zero-order valence-corrected chi connectivity index (χ0v) is 13.2. The molecule has 2 aromatic heterocycles. The Morgan fingerprint density at radius 3 is 2.61 bits per heavy atom. The van der Waals surface area contributed by atoms with E-state index in [1.54, 1.807) is 0 Å². The Labute approximate surface area is 133 Å². The van der Waals surface area contributed by atoms with Gasteiger partial charge in [-0.15, -0.1) is 0 Å². The number of amides is 3. The number of anilines is 1. The van der Waals surface area contributed by atoms with E-state index in [0.29, 0.717) is 12.8 Å². The van der Waals surface area contributed by atoms with Crippen molar-refractivity contribution in [3.63, 3.8) is 0 Å². The Morgan fingerprint density at radius 1 is 1.22 bits per heavy atom. The molecule has 2 saturated heterocycles. The Balaban J connectivity index is 1.61. The second kappa shape index (κ2) is 4.71. The fourth-order valence-electron chi connectivity index (χ4n) is 3.61. The van der Waals surface area contributed by atoms with Crippen molar-refractivity contribution in [3.8, 4) is 0 Å². The number of aromatic nitrogens is 2. The number of carbonyl (C=O) groups excluding carboxylic acids is 2. The van der Waals surface area contributed by atoms with Crippen molar-refractivity contribution in [1.29, 1.82) is 0 Å². The van der Waals surface area contributed by atoms with E-state index in [4.69, 9.17) is 0 Å². The standard InChI is InChI=1S/C16H19N5O2/c1-11-7-12-9-17-10-21(12)13(8-11)20-5-3-16(4-6-20)14(22)19(2)15(23)18-16/h7-10H,3-6H2,1-2H3,(H,18,23). The van der Waals surface area contributed by atoms with Gasteiger partial charge in [0.1, 0.15) is 17.7 Å². The quantitative estimate of drug-likeness (QED) is 0.802. The van der Waals surface area contributed by atoms with Gasteiger partial charge in [0, 0.05) is 20.1 Å². The van der Waals surface area contributed by atoms with Crippen molar-refractivity contribution >= 4 is 23.3 Å². The van der Waals surface area contributed by atoms with Crippen LogP contribution in [-0.4, -0.2) is 51.9 Å². The van der Waals surface area contributed by atoms with Crippen molar-refractivity contribution < 1.29 is 9.59 Å². The second-order valence-electron chi connectivity index (χ2n) is 6.44. The van der Waals surface area contributed by atoms with Crippen LogP contribution in [-0.2, 0) is 4.79 Å².